The number of halogens is 1. The van der Waals surface area contributed by atoms with Crippen molar-refractivity contribution in [1.82, 2.24) is 4.90 Å². The van der Waals surface area contributed by atoms with E-state index in [1.54, 1.807) is 12.1 Å². The topological polar surface area (TPSA) is 49.8 Å². The molecule has 3 aliphatic rings. The number of aliphatic hydroxyl groups excluding tert-OH is 1. The van der Waals surface area contributed by atoms with E-state index in [0.717, 1.165) is 24.8 Å². The number of ether oxygens (including phenoxy) is 1. The number of likely N-dealkylation sites (tertiary alicyclic amines) is 1. The van der Waals surface area contributed by atoms with Crippen molar-refractivity contribution in [2.45, 2.75) is 50.7 Å². The molecule has 0 aromatic heterocycles. The maximum absolute atomic E-state index is 13.4. The third-order valence-electron chi connectivity index (χ3n) is 6.50. The van der Waals surface area contributed by atoms with E-state index in [1.807, 2.05) is 17.9 Å². The number of rotatable bonds is 4. The van der Waals surface area contributed by atoms with Crippen LogP contribution >= 0.6 is 0 Å². The van der Waals surface area contributed by atoms with Crippen LogP contribution in [0.15, 0.2) is 24.3 Å². The zero-order chi connectivity index (χ0) is 17.6. The Bertz CT molecular complexity index is 654. The van der Waals surface area contributed by atoms with E-state index in [4.69, 9.17) is 4.74 Å². The van der Waals surface area contributed by atoms with Crippen molar-refractivity contribution in [2.75, 3.05) is 19.7 Å². The molecule has 4 nitrogen and oxygen atoms in total. The molecular weight excluding hydrogens is 321 g/mol. The van der Waals surface area contributed by atoms with Gasteiger partial charge in [-0.1, -0.05) is 12.1 Å². The number of carbonyl (C=O) groups excluding carboxylic acids is 1. The van der Waals surface area contributed by atoms with Crippen molar-refractivity contribution in [2.24, 2.45) is 11.3 Å². The van der Waals surface area contributed by atoms with Gasteiger partial charge in [0.1, 0.15) is 5.82 Å². The second kappa shape index (κ2) is 6.36. The standard InChI is InChI=1S/C20H26FNO3/c1-2-25-18-12-17(23)20(18)6-8-22(9-7-20)19(24)16-11-15(16)13-4-3-5-14(21)10-13/h3-5,10,15-18,23H,2,6-9,11-12H2,1H3/t15-,16-,17+,18-/m1/s1. The van der Waals surface area contributed by atoms with Gasteiger partial charge in [-0.3, -0.25) is 4.79 Å². The molecule has 1 spiro atoms. The first-order valence-electron chi connectivity index (χ1n) is 9.39. The molecule has 5 heteroatoms. The SMILES string of the molecule is CCO[C@@H]1C[C@H](O)C12CCN(C(=O)[C@@H]1C[C@@H]1c1cccc(F)c1)CC2. The van der Waals surface area contributed by atoms with Gasteiger partial charge in [-0.15, -0.1) is 0 Å². The van der Waals surface area contributed by atoms with Gasteiger partial charge in [-0.2, -0.15) is 0 Å². The highest BCUT2D eigenvalue weighted by Crippen LogP contribution is 2.53. The van der Waals surface area contributed by atoms with Crippen molar-refractivity contribution in [1.29, 1.82) is 0 Å². The van der Waals surface area contributed by atoms with Gasteiger partial charge in [0.2, 0.25) is 5.91 Å². The normalized spacial score (nSPS) is 33.2. The van der Waals surface area contributed by atoms with Crippen LogP contribution in [0, 0.1) is 17.2 Å². The maximum atomic E-state index is 13.4. The highest BCUT2D eigenvalue weighted by atomic mass is 19.1. The van der Waals surface area contributed by atoms with Crippen LogP contribution in [0.25, 0.3) is 0 Å². The molecule has 4 atom stereocenters. The largest absolute Gasteiger partial charge is 0.392 e. The van der Waals surface area contributed by atoms with Gasteiger partial charge in [0.15, 0.2) is 0 Å². The highest BCUT2D eigenvalue weighted by molar-refractivity contribution is 5.83. The Morgan fingerprint density at radius 2 is 2.12 bits per heavy atom. The average molecular weight is 347 g/mol. The molecule has 0 bridgehead atoms. The number of nitrogens with zero attached hydrogens (tertiary/aromatic N) is 1. The van der Waals surface area contributed by atoms with Crippen LogP contribution in [0.5, 0.6) is 0 Å². The predicted octanol–water partition coefficient (Wildman–Crippen LogP) is 2.71. The van der Waals surface area contributed by atoms with Gasteiger partial charge in [0, 0.05) is 37.5 Å². The van der Waals surface area contributed by atoms with Gasteiger partial charge in [-0.25, -0.2) is 4.39 Å². The van der Waals surface area contributed by atoms with Crippen molar-refractivity contribution in [3.8, 4) is 0 Å². The Labute approximate surface area is 148 Å². The van der Waals surface area contributed by atoms with E-state index in [9.17, 15) is 14.3 Å². The number of aliphatic hydroxyl groups is 1. The van der Waals surface area contributed by atoms with E-state index in [-0.39, 0.29) is 41.2 Å². The Hall–Kier alpha value is -1.46. The maximum Gasteiger partial charge on any atom is 0.226 e. The van der Waals surface area contributed by atoms with Crippen LogP contribution in [0.3, 0.4) is 0 Å². The fraction of sp³-hybridized carbons (Fsp3) is 0.650. The van der Waals surface area contributed by atoms with Gasteiger partial charge in [0.05, 0.1) is 12.2 Å². The molecule has 2 saturated carbocycles. The molecule has 136 valence electrons. The van der Waals surface area contributed by atoms with Crippen LogP contribution in [0.2, 0.25) is 0 Å². The second-order valence-corrected chi connectivity index (χ2v) is 7.76. The molecule has 1 heterocycles. The van der Waals surface area contributed by atoms with Gasteiger partial charge in [0.25, 0.3) is 0 Å². The first-order valence-corrected chi connectivity index (χ1v) is 9.39. The van der Waals surface area contributed by atoms with Crippen LogP contribution in [0.1, 0.15) is 44.1 Å². The summed E-state index contributed by atoms with van der Waals surface area (Å²) in [4.78, 5) is 14.7. The first kappa shape index (κ1) is 17.0. The average Bonchev–Trinajstić information content (AvgIpc) is 3.42. The zero-order valence-electron chi connectivity index (χ0n) is 14.7. The lowest BCUT2D eigenvalue weighted by atomic mass is 9.58. The molecule has 1 aliphatic heterocycles. The van der Waals surface area contributed by atoms with Gasteiger partial charge in [-0.05, 0) is 49.8 Å². The Kier molecular flexibility index (Phi) is 4.32. The third kappa shape index (κ3) is 2.87. The molecule has 1 saturated heterocycles. The predicted molar refractivity (Wildman–Crippen MR) is 91.5 cm³/mol. The summed E-state index contributed by atoms with van der Waals surface area (Å²) in [6.07, 6.45) is 2.97. The van der Waals surface area contributed by atoms with Crippen LogP contribution in [0.4, 0.5) is 4.39 Å². The van der Waals surface area contributed by atoms with Crippen LogP contribution in [-0.4, -0.2) is 47.8 Å². The van der Waals surface area contributed by atoms with E-state index in [0.29, 0.717) is 26.1 Å². The number of benzene rings is 1. The number of carbonyl (C=O) groups is 1. The summed E-state index contributed by atoms with van der Waals surface area (Å²) in [6.45, 7) is 4.02. The van der Waals surface area contributed by atoms with Crippen molar-refractivity contribution in [3.63, 3.8) is 0 Å². The lowest BCUT2D eigenvalue weighted by molar-refractivity contribution is -0.210. The minimum atomic E-state index is -0.303. The molecule has 25 heavy (non-hydrogen) atoms. The quantitative estimate of drug-likeness (QED) is 0.911. The summed E-state index contributed by atoms with van der Waals surface area (Å²) < 4.78 is 19.2. The van der Waals surface area contributed by atoms with E-state index in [1.165, 1.54) is 6.07 Å². The molecule has 1 amide bonds. The van der Waals surface area contributed by atoms with Crippen molar-refractivity contribution >= 4 is 5.91 Å². The van der Waals surface area contributed by atoms with Crippen LogP contribution in [-0.2, 0) is 9.53 Å². The minimum Gasteiger partial charge on any atom is -0.392 e. The summed E-state index contributed by atoms with van der Waals surface area (Å²) >= 11 is 0. The monoisotopic (exact) mass is 347 g/mol. The number of hydrogen-bond acceptors (Lipinski definition) is 3. The Balaban J connectivity index is 1.35. The summed E-state index contributed by atoms with van der Waals surface area (Å²) in [5.41, 5.74) is 0.774. The van der Waals surface area contributed by atoms with Crippen LogP contribution < -0.4 is 0 Å². The fourth-order valence-corrected chi connectivity index (χ4v) is 4.77. The molecule has 1 aromatic carbocycles. The first-order chi connectivity index (χ1) is 12.0. The molecule has 0 radical (unpaired) electrons. The lowest BCUT2D eigenvalue weighted by Crippen LogP contribution is -2.62. The second-order valence-electron chi connectivity index (χ2n) is 7.76. The summed E-state index contributed by atoms with van der Waals surface area (Å²) in [5.74, 6) is 0.0942. The number of hydrogen-bond donors (Lipinski definition) is 1. The molecule has 2 aliphatic carbocycles. The molecule has 1 aromatic rings. The molecule has 1 N–H and O–H groups in total. The van der Waals surface area contributed by atoms with E-state index >= 15 is 0 Å². The highest BCUT2D eigenvalue weighted by Gasteiger charge is 2.57. The zero-order valence-corrected chi connectivity index (χ0v) is 14.7. The van der Waals surface area contributed by atoms with Gasteiger partial charge < -0.3 is 14.7 Å². The fourth-order valence-electron chi connectivity index (χ4n) is 4.77. The number of piperidine rings is 1. The van der Waals surface area contributed by atoms with Crippen molar-refractivity contribution < 1.29 is 19.0 Å². The molecule has 0 unspecified atom stereocenters. The smallest absolute Gasteiger partial charge is 0.226 e. The van der Waals surface area contributed by atoms with Crippen molar-refractivity contribution in [3.05, 3.63) is 35.6 Å². The Morgan fingerprint density at radius 3 is 2.76 bits per heavy atom. The van der Waals surface area contributed by atoms with E-state index < -0.39 is 0 Å². The molecule has 3 fully saturated rings. The summed E-state index contributed by atoms with van der Waals surface area (Å²) in [7, 11) is 0. The van der Waals surface area contributed by atoms with Gasteiger partial charge >= 0.3 is 0 Å². The summed E-state index contributed by atoms with van der Waals surface area (Å²) in [5, 5.41) is 10.3. The Morgan fingerprint density at radius 1 is 1.36 bits per heavy atom. The third-order valence-corrected chi connectivity index (χ3v) is 6.50. The lowest BCUT2D eigenvalue weighted by Gasteiger charge is -2.56. The van der Waals surface area contributed by atoms with E-state index in [2.05, 4.69) is 0 Å². The minimum absolute atomic E-state index is 0.00940. The molecular formula is C20H26FNO3. The molecule has 4 rings (SSSR count). The number of amides is 1. The summed E-state index contributed by atoms with van der Waals surface area (Å²) in [6, 6.07) is 6.59.